The normalized spacial score (nSPS) is 21.6. The topological polar surface area (TPSA) is 80.3 Å². The van der Waals surface area contributed by atoms with Crippen molar-refractivity contribution in [2.24, 2.45) is 0 Å². The molecule has 1 fully saturated rings. The van der Waals surface area contributed by atoms with Crippen molar-refractivity contribution in [3.05, 3.63) is 35.9 Å². The van der Waals surface area contributed by atoms with E-state index in [4.69, 9.17) is 14.2 Å². The number of carbonyl (C=O) groups is 1. The van der Waals surface area contributed by atoms with Gasteiger partial charge in [-0.15, -0.1) is 0 Å². The number of nitrogens with one attached hydrogen (secondary N) is 1. The SMILES string of the molecule is CC(C)(C)OC(=O)N[C@H](CO)[C@@H]1O[C@H]1COCc1ccccc1. The van der Waals surface area contributed by atoms with E-state index in [2.05, 4.69) is 5.32 Å². The van der Waals surface area contributed by atoms with Crippen LogP contribution in [0.4, 0.5) is 4.79 Å². The summed E-state index contributed by atoms with van der Waals surface area (Å²) in [7, 11) is 0. The maximum absolute atomic E-state index is 11.7. The Bertz CT molecular complexity index is 499. The van der Waals surface area contributed by atoms with Crippen LogP contribution in [0.5, 0.6) is 0 Å². The molecule has 0 spiro atoms. The Morgan fingerprint density at radius 2 is 2.04 bits per heavy atom. The monoisotopic (exact) mass is 323 g/mol. The molecule has 6 heteroatoms. The van der Waals surface area contributed by atoms with Gasteiger partial charge in [0.2, 0.25) is 0 Å². The van der Waals surface area contributed by atoms with Crippen molar-refractivity contribution >= 4 is 6.09 Å². The fraction of sp³-hybridized carbons (Fsp3) is 0.588. The van der Waals surface area contributed by atoms with Gasteiger partial charge in [0.05, 0.1) is 25.9 Å². The van der Waals surface area contributed by atoms with Gasteiger partial charge in [0.15, 0.2) is 0 Å². The van der Waals surface area contributed by atoms with E-state index >= 15 is 0 Å². The van der Waals surface area contributed by atoms with Gasteiger partial charge >= 0.3 is 6.09 Å². The average molecular weight is 323 g/mol. The van der Waals surface area contributed by atoms with Crippen LogP contribution in [-0.2, 0) is 20.8 Å². The second kappa shape index (κ2) is 7.77. The third kappa shape index (κ3) is 6.17. The lowest BCUT2D eigenvalue weighted by atomic mass is 10.1. The highest BCUT2D eigenvalue weighted by atomic mass is 16.6. The summed E-state index contributed by atoms with van der Waals surface area (Å²) in [5.41, 5.74) is 0.516. The molecule has 1 amide bonds. The molecule has 3 atom stereocenters. The van der Waals surface area contributed by atoms with E-state index < -0.39 is 17.7 Å². The first-order valence-corrected chi connectivity index (χ1v) is 7.76. The number of rotatable bonds is 7. The predicted molar refractivity (Wildman–Crippen MR) is 85.0 cm³/mol. The second-order valence-electron chi connectivity index (χ2n) is 6.58. The maximum Gasteiger partial charge on any atom is 0.408 e. The quantitative estimate of drug-likeness (QED) is 0.749. The zero-order valence-corrected chi connectivity index (χ0v) is 13.8. The Kier molecular flexibility index (Phi) is 5.98. The molecule has 0 bridgehead atoms. The van der Waals surface area contributed by atoms with E-state index in [1.807, 2.05) is 30.3 Å². The minimum atomic E-state index is -0.577. The van der Waals surface area contributed by atoms with Crippen LogP contribution >= 0.6 is 0 Å². The van der Waals surface area contributed by atoms with Crippen LogP contribution in [0, 0.1) is 0 Å². The highest BCUT2D eigenvalue weighted by Gasteiger charge is 2.45. The lowest BCUT2D eigenvalue weighted by Gasteiger charge is -2.22. The van der Waals surface area contributed by atoms with Crippen molar-refractivity contribution in [2.75, 3.05) is 13.2 Å². The van der Waals surface area contributed by atoms with Gasteiger partial charge in [-0.1, -0.05) is 30.3 Å². The molecule has 1 saturated heterocycles. The predicted octanol–water partition coefficient (Wildman–Crippen LogP) is 1.86. The zero-order valence-electron chi connectivity index (χ0n) is 13.8. The third-order valence-electron chi connectivity index (χ3n) is 3.31. The smallest absolute Gasteiger partial charge is 0.408 e. The molecule has 1 aromatic rings. The summed E-state index contributed by atoms with van der Waals surface area (Å²) in [5.74, 6) is 0. The van der Waals surface area contributed by atoms with Crippen LogP contribution in [0.1, 0.15) is 26.3 Å². The first kappa shape index (κ1) is 17.7. The molecule has 0 saturated carbocycles. The van der Waals surface area contributed by atoms with Crippen molar-refractivity contribution in [3.63, 3.8) is 0 Å². The maximum atomic E-state index is 11.7. The average Bonchev–Trinajstić information content (AvgIpc) is 3.23. The molecule has 2 N–H and O–H groups in total. The fourth-order valence-electron chi connectivity index (χ4n) is 2.20. The second-order valence-corrected chi connectivity index (χ2v) is 6.58. The molecule has 6 nitrogen and oxygen atoms in total. The van der Waals surface area contributed by atoms with E-state index in [0.717, 1.165) is 5.56 Å². The number of aliphatic hydroxyl groups excluding tert-OH is 1. The van der Waals surface area contributed by atoms with E-state index in [0.29, 0.717) is 13.2 Å². The third-order valence-corrected chi connectivity index (χ3v) is 3.31. The molecular formula is C17H25NO5. The summed E-state index contributed by atoms with van der Waals surface area (Å²) in [5, 5.41) is 12.0. The van der Waals surface area contributed by atoms with E-state index in [9.17, 15) is 9.90 Å². The van der Waals surface area contributed by atoms with E-state index in [1.165, 1.54) is 0 Å². The van der Waals surface area contributed by atoms with Crippen LogP contribution in [0.2, 0.25) is 0 Å². The molecule has 2 rings (SSSR count). The summed E-state index contributed by atoms with van der Waals surface area (Å²) in [6, 6.07) is 9.37. The Morgan fingerprint density at radius 3 is 2.65 bits per heavy atom. The summed E-state index contributed by atoms with van der Waals surface area (Å²) in [4.78, 5) is 11.7. The molecule has 1 aliphatic rings. The largest absolute Gasteiger partial charge is 0.444 e. The molecule has 128 valence electrons. The standard InChI is InChI=1S/C17H25NO5/c1-17(2,3)23-16(20)18-13(9-19)15-14(22-15)11-21-10-12-7-5-4-6-8-12/h4-8,13-15,19H,9-11H2,1-3H3,(H,18,20)/t13-,14+,15+/m1/s1. The fourth-order valence-corrected chi connectivity index (χ4v) is 2.20. The zero-order chi connectivity index (χ0) is 16.9. The molecular weight excluding hydrogens is 298 g/mol. The van der Waals surface area contributed by atoms with Crippen LogP contribution in [-0.4, -0.2) is 48.3 Å². The number of hydrogen-bond acceptors (Lipinski definition) is 5. The molecule has 0 aliphatic carbocycles. The number of alkyl carbamates (subject to hydrolysis) is 1. The molecule has 0 radical (unpaired) electrons. The van der Waals surface area contributed by atoms with Gasteiger partial charge in [0, 0.05) is 0 Å². The van der Waals surface area contributed by atoms with Crippen LogP contribution in [0.25, 0.3) is 0 Å². The van der Waals surface area contributed by atoms with Crippen molar-refractivity contribution in [1.82, 2.24) is 5.32 Å². The van der Waals surface area contributed by atoms with Crippen molar-refractivity contribution in [3.8, 4) is 0 Å². The lowest BCUT2D eigenvalue weighted by molar-refractivity contribution is 0.0469. The van der Waals surface area contributed by atoms with Gasteiger partial charge in [-0.25, -0.2) is 4.79 Å². The Labute approximate surface area is 136 Å². The number of ether oxygens (including phenoxy) is 3. The first-order chi connectivity index (χ1) is 10.9. The van der Waals surface area contributed by atoms with Crippen LogP contribution < -0.4 is 5.32 Å². The van der Waals surface area contributed by atoms with Crippen molar-refractivity contribution < 1.29 is 24.1 Å². The van der Waals surface area contributed by atoms with E-state index in [1.54, 1.807) is 20.8 Å². The number of benzene rings is 1. The summed E-state index contributed by atoms with van der Waals surface area (Å²) < 4.78 is 16.3. The number of epoxide rings is 1. The van der Waals surface area contributed by atoms with Gasteiger partial charge in [0.25, 0.3) is 0 Å². The molecule has 1 heterocycles. The molecule has 23 heavy (non-hydrogen) atoms. The van der Waals surface area contributed by atoms with Gasteiger partial charge in [-0.2, -0.15) is 0 Å². The van der Waals surface area contributed by atoms with Gasteiger partial charge < -0.3 is 24.6 Å². The molecule has 1 aromatic carbocycles. The van der Waals surface area contributed by atoms with Crippen molar-refractivity contribution in [1.29, 1.82) is 0 Å². The highest BCUT2D eigenvalue weighted by Crippen LogP contribution is 2.26. The first-order valence-electron chi connectivity index (χ1n) is 7.76. The molecule has 0 unspecified atom stereocenters. The summed E-state index contributed by atoms with van der Waals surface area (Å²) in [6.07, 6.45) is -0.926. The highest BCUT2D eigenvalue weighted by molar-refractivity contribution is 5.68. The minimum Gasteiger partial charge on any atom is -0.444 e. The Hall–Kier alpha value is -1.63. The number of aliphatic hydroxyl groups is 1. The van der Waals surface area contributed by atoms with Crippen LogP contribution in [0.3, 0.4) is 0 Å². The number of amides is 1. The van der Waals surface area contributed by atoms with Crippen LogP contribution in [0.15, 0.2) is 30.3 Å². The summed E-state index contributed by atoms with van der Waals surface area (Å²) in [6.45, 7) is 6.08. The lowest BCUT2D eigenvalue weighted by Crippen LogP contribution is -2.44. The Morgan fingerprint density at radius 1 is 1.35 bits per heavy atom. The number of carbonyl (C=O) groups excluding carboxylic acids is 1. The summed E-state index contributed by atoms with van der Waals surface area (Å²) >= 11 is 0. The molecule has 1 aliphatic heterocycles. The molecule has 0 aromatic heterocycles. The Balaban J connectivity index is 1.69. The van der Waals surface area contributed by atoms with E-state index in [-0.39, 0.29) is 18.8 Å². The van der Waals surface area contributed by atoms with Gasteiger partial charge in [-0.3, -0.25) is 0 Å². The van der Waals surface area contributed by atoms with Gasteiger partial charge in [-0.05, 0) is 26.3 Å². The van der Waals surface area contributed by atoms with Gasteiger partial charge in [0.1, 0.15) is 17.8 Å². The van der Waals surface area contributed by atoms with Crippen molar-refractivity contribution in [2.45, 2.75) is 51.2 Å². The number of hydrogen-bond donors (Lipinski definition) is 2. The minimum absolute atomic E-state index is 0.120.